The minimum atomic E-state index is -2.63. The predicted molar refractivity (Wildman–Crippen MR) is 139 cm³/mol. The molecule has 4 atom stereocenters. The Labute approximate surface area is 220 Å². The Hall–Kier alpha value is -3.43. The van der Waals surface area contributed by atoms with Gasteiger partial charge in [0.25, 0.3) is 5.91 Å². The number of aromatic hydroxyl groups is 1. The molecule has 0 bridgehead atoms. The third kappa shape index (κ3) is 3.48. The summed E-state index contributed by atoms with van der Waals surface area (Å²) >= 11 is 0. The lowest BCUT2D eigenvalue weighted by Crippen LogP contribution is -2.63. The third-order valence-electron chi connectivity index (χ3n) is 8.83. The predicted octanol–water partition coefficient (Wildman–Crippen LogP) is 2.64. The number of Topliss-reactive ketones (excluding diaryl/α,β-unsaturated/α-hetero) is 2. The van der Waals surface area contributed by atoms with Crippen molar-refractivity contribution in [2.24, 2.45) is 17.6 Å². The fraction of sp³-hybridized carbons (Fsp3) is 0.483. The maximum atomic E-state index is 14.0. The first-order valence-electron chi connectivity index (χ1n) is 13.2. The van der Waals surface area contributed by atoms with Crippen LogP contribution in [0.3, 0.4) is 0 Å². The van der Waals surface area contributed by atoms with Gasteiger partial charge in [-0.2, -0.15) is 0 Å². The van der Waals surface area contributed by atoms with Gasteiger partial charge in [-0.25, -0.2) is 0 Å². The van der Waals surface area contributed by atoms with Crippen LogP contribution in [0.1, 0.15) is 66.1 Å². The fourth-order valence-electron chi connectivity index (χ4n) is 7.04. The quantitative estimate of drug-likeness (QED) is 0.377. The molecular formula is C29H34N2O7. The van der Waals surface area contributed by atoms with Crippen LogP contribution in [0.15, 0.2) is 34.8 Å². The molecule has 0 aromatic heterocycles. The van der Waals surface area contributed by atoms with E-state index in [0.29, 0.717) is 24.0 Å². The Morgan fingerprint density at radius 3 is 2.47 bits per heavy atom. The van der Waals surface area contributed by atoms with Gasteiger partial charge in [-0.1, -0.05) is 13.0 Å². The van der Waals surface area contributed by atoms with Gasteiger partial charge in [0, 0.05) is 17.1 Å². The number of aliphatic hydroxyl groups is 3. The zero-order valence-electron chi connectivity index (χ0n) is 21.9. The minimum Gasteiger partial charge on any atom is -0.510 e. The number of amides is 1. The standard InChI is InChI=1S/C29H34N2O7/c1-4-13-10-17(14-8-6-5-7-9-14)23(32)20-16(13)11-15-12-18-22(31(2)3)25(34)21(28(30)37)27(36)29(18,38)26(35)19(15)24(20)33/h8,10,15,18,22,32,34-35,38H,4-7,9,11-12H2,1-3H3,(H2,30,37)/t15-,18-,22-,29-/m0/s1. The average Bonchev–Trinajstić information content (AvgIpc) is 2.86. The topological polar surface area (TPSA) is 161 Å². The van der Waals surface area contributed by atoms with Crippen molar-refractivity contribution in [3.63, 3.8) is 0 Å². The number of phenols is 1. The molecule has 0 heterocycles. The number of primary amides is 1. The van der Waals surface area contributed by atoms with Crippen LogP contribution >= 0.6 is 0 Å². The summed E-state index contributed by atoms with van der Waals surface area (Å²) in [5.74, 6) is -6.26. The van der Waals surface area contributed by atoms with E-state index in [4.69, 9.17) is 5.73 Å². The average molecular weight is 523 g/mol. The number of fused-ring (bicyclic) bond motifs is 3. The summed E-state index contributed by atoms with van der Waals surface area (Å²) in [5, 5.41) is 45.4. The largest absolute Gasteiger partial charge is 0.510 e. The highest BCUT2D eigenvalue weighted by molar-refractivity contribution is 6.24. The van der Waals surface area contributed by atoms with Crippen LogP contribution in [0.2, 0.25) is 0 Å². The SMILES string of the molecule is CCc1cc(C2=CCCCC2)c(O)c2c1C[C@H]1C[C@H]3[C@H](N(C)C)C(O)=C(C(N)=O)C(=O)[C@@]3(O)C(O)=C1C2=O. The molecule has 0 saturated heterocycles. The number of hydrogen-bond acceptors (Lipinski definition) is 8. The summed E-state index contributed by atoms with van der Waals surface area (Å²) in [6.07, 6.45) is 6.83. The first-order valence-corrected chi connectivity index (χ1v) is 13.2. The first kappa shape index (κ1) is 26.2. The highest BCUT2D eigenvalue weighted by Crippen LogP contribution is 2.53. The Morgan fingerprint density at radius 2 is 1.89 bits per heavy atom. The number of allylic oxidation sites excluding steroid dienone is 3. The van der Waals surface area contributed by atoms with Gasteiger partial charge in [-0.3, -0.25) is 19.3 Å². The molecule has 0 aliphatic heterocycles. The number of ketones is 2. The van der Waals surface area contributed by atoms with Gasteiger partial charge in [0.2, 0.25) is 5.78 Å². The monoisotopic (exact) mass is 522 g/mol. The molecule has 9 heteroatoms. The van der Waals surface area contributed by atoms with Gasteiger partial charge in [0.1, 0.15) is 22.8 Å². The molecule has 4 aliphatic carbocycles. The maximum absolute atomic E-state index is 14.0. The number of likely N-dealkylation sites (N-methyl/N-ethyl adjacent to an activating group) is 1. The lowest BCUT2D eigenvalue weighted by Gasteiger charge is -2.50. The Morgan fingerprint density at radius 1 is 1.18 bits per heavy atom. The Balaban J connectivity index is 1.72. The van der Waals surface area contributed by atoms with Crippen molar-refractivity contribution in [2.75, 3.05) is 14.1 Å². The number of aryl methyl sites for hydroxylation is 1. The van der Waals surface area contributed by atoms with Gasteiger partial charge < -0.3 is 26.2 Å². The molecular weight excluding hydrogens is 488 g/mol. The molecule has 5 rings (SSSR count). The number of nitrogens with zero attached hydrogens (tertiary/aromatic N) is 1. The highest BCUT2D eigenvalue weighted by atomic mass is 16.3. The van der Waals surface area contributed by atoms with E-state index >= 15 is 0 Å². The van der Waals surface area contributed by atoms with Crippen molar-refractivity contribution < 1.29 is 34.8 Å². The van der Waals surface area contributed by atoms with E-state index in [1.165, 1.54) is 0 Å². The van der Waals surface area contributed by atoms with Crippen LogP contribution in [0, 0.1) is 11.8 Å². The van der Waals surface area contributed by atoms with E-state index in [1.807, 2.05) is 13.0 Å². The van der Waals surface area contributed by atoms with Crippen molar-refractivity contribution in [3.05, 3.63) is 57.1 Å². The first-order chi connectivity index (χ1) is 17.9. The number of phenolic OH excluding ortho intramolecular Hbond substituents is 1. The molecule has 4 aliphatic rings. The molecule has 9 nitrogen and oxygen atoms in total. The molecule has 0 saturated carbocycles. The van der Waals surface area contributed by atoms with E-state index < -0.39 is 58.0 Å². The Bertz CT molecular complexity index is 1370. The van der Waals surface area contributed by atoms with Gasteiger partial charge >= 0.3 is 0 Å². The fourth-order valence-corrected chi connectivity index (χ4v) is 7.04. The second-order valence-corrected chi connectivity index (χ2v) is 11.1. The maximum Gasteiger partial charge on any atom is 0.255 e. The van der Waals surface area contributed by atoms with E-state index in [9.17, 15) is 34.8 Å². The van der Waals surface area contributed by atoms with Crippen LogP contribution in [0.4, 0.5) is 0 Å². The normalized spacial score (nSPS) is 29.2. The van der Waals surface area contributed by atoms with Gasteiger partial charge in [0.15, 0.2) is 11.4 Å². The van der Waals surface area contributed by atoms with E-state index in [1.54, 1.807) is 19.0 Å². The molecule has 0 unspecified atom stereocenters. The molecule has 1 aromatic rings. The van der Waals surface area contributed by atoms with Crippen molar-refractivity contribution in [1.29, 1.82) is 0 Å². The van der Waals surface area contributed by atoms with E-state index in [2.05, 4.69) is 6.08 Å². The summed E-state index contributed by atoms with van der Waals surface area (Å²) in [4.78, 5) is 41.1. The van der Waals surface area contributed by atoms with Crippen molar-refractivity contribution in [3.8, 4) is 5.75 Å². The molecule has 1 amide bonds. The molecule has 0 radical (unpaired) electrons. The number of benzene rings is 1. The molecule has 0 spiro atoms. The van der Waals surface area contributed by atoms with Gasteiger partial charge in [0.05, 0.1) is 11.6 Å². The van der Waals surface area contributed by atoms with Gasteiger partial charge in [-0.05, 0) is 87.7 Å². The zero-order chi connectivity index (χ0) is 27.7. The smallest absolute Gasteiger partial charge is 0.255 e. The number of carbonyl (C=O) groups excluding carboxylic acids is 3. The summed E-state index contributed by atoms with van der Waals surface area (Å²) in [5.41, 5.74) is 5.12. The van der Waals surface area contributed by atoms with Crippen LogP contribution in [-0.4, -0.2) is 68.5 Å². The number of nitrogens with two attached hydrogens (primary N) is 1. The summed E-state index contributed by atoms with van der Waals surface area (Å²) in [7, 11) is 3.23. The van der Waals surface area contributed by atoms with Crippen molar-refractivity contribution in [2.45, 2.75) is 63.5 Å². The lowest BCUT2D eigenvalue weighted by molar-refractivity contribution is -0.148. The number of carbonyl (C=O) groups is 3. The summed E-state index contributed by atoms with van der Waals surface area (Å²) < 4.78 is 0. The molecule has 202 valence electrons. The molecule has 0 fully saturated rings. The summed E-state index contributed by atoms with van der Waals surface area (Å²) in [6, 6.07) is 0.951. The van der Waals surface area contributed by atoms with Gasteiger partial charge in [-0.15, -0.1) is 0 Å². The second kappa shape index (κ2) is 9.10. The summed E-state index contributed by atoms with van der Waals surface area (Å²) in [6.45, 7) is 1.98. The van der Waals surface area contributed by atoms with Crippen LogP contribution in [-0.2, 0) is 22.4 Å². The van der Waals surface area contributed by atoms with Crippen LogP contribution in [0.5, 0.6) is 5.75 Å². The molecule has 6 N–H and O–H groups in total. The third-order valence-corrected chi connectivity index (χ3v) is 8.83. The number of aliphatic hydroxyl groups excluding tert-OH is 2. The number of hydrogen-bond donors (Lipinski definition) is 5. The van der Waals surface area contributed by atoms with E-state index in [0.717, 1.165) is 36.8 Å². The minimum absolute atomic E-state index is 0.0859. The van der Waals surface area contributed by atoms with Crippen LogP contribution < -0.4 is 5.73 Å². The Kier molecular flexibility index (Phi) is 6.27. The molecule has 38 heavy (non-hydrogen) atoms. The van der Waals surface area contributed by atoms with E-state index in [-0.39, 0.29) is 23.3 Å². The second-order valence-electron chi connectivity index (χ2n) is 11.1. The number of rotatable bonds is 4. The highest BCUT2D eigenvalue weighted by Gasteiger charge is 2.63. The molecule has 1 aromatic carbocycles. The van der Waals surface area contributed by atoms with Crippen molar-refractivity contribution in [1.82, 2.24) is 4.90 Å². The zero-order valence-corrected chi connectivity index (χ0v) is 21.9. The lowest BCUT2D eigenvalue weighted by atomic mass is 9.58. The van der Waals surface area contributed by atoms with Crippen molar-refractivity contribution >= 4 is 23.0 Å². The van der Waals surface area contributed by atoms with Crippen LogP contribution in [0.25, 0.3) is 5.57 Å².